The van der Waals surface area contributed by atoms with Gasteiger partial charge in [-0.2, -0.15) is 4.31 Å². The highest BCUT2D eigenvalue weighted by molar-refractivity contribution is 7.89. The summed E-state index contributed by atoms with van der Waals surface area (Å²) < 4.78 is 27.0. The summed E-state index contributed by atoms with van der Waals surface area (Å²) in [4.78, 5) is 0.386. The lowest BCUT2D eigenvalue weighted by Crippen LogP contribution is -2.30. The van der Waals surface area contributed by atoms with Gasteiger partial charge in [-0.3, -0.25) is 0 Å². The Morgan fingerprint density at radius 2 is 1.85 bits per heavy atom. The molecular formula is C16H23NO2S. The van der Waals surface area contributed by atoms with Crippen molar-refractivity contribution in [2.24, 2.45) is 5.41 Å². The van der Waals surface area contributed by atoms with E-state index in [0.717, 1.165) is 12.0 Å². The summed E-state index contributed by atoms with van der Waals surface area (Å²) in [7, 11) is -3.39. The van der Waals surface area contributed by atoms with E-state index in [0.29, 0.717) is 18.0 Å². The second kappa shape index (κ2) is 5.34. The maximum absolute atomic E-state index is 12.7. The van der Waals surface area contributed by atoms with Gasteiger partial charge in [-0.15, -0.1) is 0 Å². The van der Waals surface area contributed by atoms with Gasteiger partial charge in [0.15, 0.2) is 0 Å². The van der Waals surface area contributed by atoms with Crippen LogP contribution in [0.1, 0.15) is 32.8 Å². The quantitative estimate of drug-likeness (QED) is 0.801. The highest BCUT2D eigenvalue weighted by Crippen LogP contribution is 2.37. The number of hydrogen-bond donors (Lipinski definition) is 0. The molecule has 1 aromatic rings. The Morgan fingerprint density at radius 3 is 2.40 bits per heavy atom. The van der Waals surface area contributed by atoms with Crippen LogP contribution >= 0.6 is 0 Å². The molecule has 1 fully saturated rings. The highest BCUT2D eigenvalue weighted by atomic mass is 32.2. The van der Waals surface area contributed by atoms with E-state index >= 15 is 0 Å². The van der Waals surface area contributed by atoms with Crippen LogP contribution in [0.2, 0.25) is 0 Å². The van der Waals surface area contributed by atoms with Crippen LogP contribution in [-0.2, 0) is 10.0 Å². The minimum absolute atomic E-state index is 0.0756. The highest BCUT2D eigenvalue weighted by Gasteiger charge is 2.40. The number of allylic oxidation sites excluding steroid dienone is 1. The predicted octanol–water partition coefficient (Wildman–Crippen LogP) is 3.36. The first-order valence-corrected chi connectivity index (χ1v) is 8.48. The number of sulfonamides is 1. The Balaban J connectivity index is 2.33. The van der Waals surface area contributed by atoms with Crippen molar-refractivity contribution in [2.75, 3.05) is 13.1 Å². The molecule has 1 aliphatic heterocycles. The third-order valence-electron chi connectivity index (χ3n) is 3.90. The SMILES string of the molecule is CCC=C1CN(S(=O)(=O)c2ccc(C)cc2)CC1(C)C. The fourth-order valence-corrected chi connectivity index (χ4v) is 4.20. The van der Waals surface area contributed by atoms with E-state index in [-0.39, 0.29) is 5.41 Å². The Kier molecular flexibility index (Phi) is 4.07. The molecule has 0 bridgehead atoms. The molecule has 4 heteroatoms. The van der Waals surface area contributed by atoms with Crippen molar-refractivity contribution in [3.63, 3.8) is 0 Å². The lowest BCUT2D eigenvalue weighted by atomic mass is 9.87. The van der Waals surface area contributed by atoms with Crippen LogP contribution in [0.5, 0.6) is 0 Å². The lowest BCUT2D eigenvalue weighted by Gasteiger charge is -2.20. The number of hydrogen-bond acceptors (Lipinski definition) is 2. The van der Waals surface area contributed by atoms with Crippen molar-refractivity contribution in [2.45, 2.75) is 39.0 Å². The van der Waals surface area contributed by atoms with Crippen molar-refractivity contribution in [1.29, 1.82) is 0 Å². The van der Waals surface area contributed by atoms with Crippen molar-refractivity contribution < 1.29 is 8.42 Å². The fraction of sp³-hybridized carbons (Fsp3) is 0.500. The first-order chi connectivity index (χ1) is 9.27. The van der Waals surface area contributed by atoms with Crippen LogP contribution < -0.4 is 0 Å². The second-order valence-electron chi connectivity index (χ2n) is 6.11. The Labute approximate surface area is 122 Å². The number of benzene rings is 1. The summed E-state index contributed by atoms with van der Waals surface area (Å²) >= 11 is 0. The third-order valence-corrected chi connectivity index (χ3v) is 5.70. The van der Waals surface area contributed by atoms with E-state index in [9.17, 15) is 8.42 Å². The zero-order valence-electron chi connectivity index (χ0n) is 12.7. The molecule has 0 unspecified atom stereocenters. The van der Waals surface area contributed by atoms with Crippen LogP contribution in [0, 0.1) is 12.3 Å². The number of nitrogens with zero attached hydrogens (tertiary/aromatic N) is 1. The molecule has 0 spiro atoms. The average Bonchev–Trinajstić information content (AvgIpc) is 2.67. The van der Waals surface area contributed by atoms with Gasteiger partial charge in [0.25, 0.3) is 0 Å². The molecule has 0 N–H and O–H groups in total. The molecule has 0 amide bonds. The van der Waals surface area contributed by atoms with Crippen molar-refractivity contribution >= 4 is 10.0 Å². The molecule has 0 atom stereocenters. The lowest BCUT2D eigenvalue weighted by molar-refractivity contribution is 0.400. The smallest absolute Gasteiger partial charge is 0.207 e. The Hall–Kier alpha value is -1.13. The molecule has 0 radical (unpaired) electrons. The normalized spacial score (nSPS) is 21.5. The van der Waals surface area contributed by atoms with Gasteiger partial charge < -0.3 is 0 Å². The van der Waals surface area contributed by atoms with E-state index in [4.69, 9.17) is 0 Å². The summed E-state index contributed by atoms with van der Waals surface area (Å²) in [6.45, 7) is 9.32. The first kappa shape index (κ1) is 15.3. The molecule has 2 rings (SSSR count). The molecule has 1 saturated heterocycles. The van der Waals surface area contributed by atoms with Gasteiger partial charge in [0, 0.05) is 18.5 Å². The minimum atomic E-state index is -3.39. The van der Waals surface area contributed by atoms with Crippen LogP contribution in [0.15, 0.2) is 40.8 Å². The summed E-state index contributed by atoms with van der Waals surface area (Å²) in [5.74, 6) is 0. The van der Waals surface area contributed by atoms with Crippen LogP contribution in [0.3, 0.4) is 0 Å². The molecule has 0 saturated carbocycles. The van der Waals surface area contributed by atoms with Gasteiger partial charge in [-0.1, -0.05) is 50.1 Å². The third kappa shape index (κ3) is 2.81. The molecule has 0 aromatic heterocycles. The largest absolute Gasteiger partial charge is 0.243 e. The minimum Gasteiger partial charge on any atom is -0.207 e. The molecule has 20 heavy (non-hydrogen) atoms. The van der Waals surface area contributed by atoms with Gasteiger partial charge in [0.2, 0.25) is 10.0 Å². The summed E-state index contributed by atoms with van der Waals surface area (Å²) in [5, 5.41) is 0. The van der Waals surface area contributed by atoms with E-state index in [1.807, 2.05) is 19.1 Å². The van der Waals surface area contributed by atoms with Gasteiger partial charge in [-0.25, -0.2) is 8.42 Å². The number of aryl methyl sites for hydroxylation is 1. The zero-order chi connectivity index (χ0) is 15.0. The molecule has 1 heterocycles. The number of rotatable bonds is 3. The van der Waals surface area contributed by atoms with Gasteiger partial charge >= 0.3 is 0 Å². The Morgan fingerprint density at radius 1 is 1.25 bits per heavy atom. The topological polar surface area (TPSA) is 37.4 Å². The first-order valence-electron chi connectivity index (χ1n) is 7.03. The Bertz CT molecular complexity index is 612. The van der Waals surface area contributed by atoms with Gasteiger partial charge in [0.05, 0.1) is 4.90 Å². The van der Waals surface area contributed by atoms with Crippen molar-refractivity contribution in [3.8, 4) is 0 Å². The maximum Gasteiger partial charge on any atom is 0.243 e. The molecule has 0 aliphatic carbocycles. The monoisotopic (exact) mass is 293 g/mol. The fourth-order valence-electron chi connectivity index (χ4n) is 2.62. The van der Waals surface area contributed by atoms with Crippen LogP contribution in [0.4, 0.5) is 0 Å². The summed E-state index contributed by atoms with van der Waals surface area (Å²) in [6, 6.07) is 7.08. The van der Waals surface area contributed by atoms with Crippen molar-refractivity contribution in [1.82, 2.24) is 4.31 Å². The van der Waals surface area contributed by atoms with E-state index in [1.165, 1.54) is 5.57 Å². The average molecular weight is 293 g/mol. The zero-order valence-corrected chi connectivity index (χ0v) is 13.5. The van der Waals surface area contributed by atoms with E-state index < -0.39 is 10.0 Å². The summed E-state index contributed by atoms with van der Waals surface area (Å²) in [5.41, 5.74) is 2.21. The van der Waals surface area contributed by atoms with E-state index in [2.05, 4.69) is 26.8 Å². The van der Waals surface area contributed by atoms with Crippen molar-refractivity contribution in [3.05, 3.63) is 41.5 Å². The standard InChI is InChI=1S/C16H23NO2S/c1-5-6-14-11-17(12-16(14,3)4)20(18,19)15-9-7-13(2)8-10-15/h6-10H,5,11-12H2,1-4H3. The van der Waals surface area contributed by atoms with Crippen LogP contribution in [-0.4, -0.2) is 25.8 Å². The molecular weight excluding hydrogens is 270 g/mol. The maximum atomic E-state index is 12.7. The summed E-state index contributed by atoms with van der Waals surface area (Å²) in [6.07, 6.45) is 3.10. The molecule has 110 valence electrons. The second-order valence-corrected chi connectivity index (χ2v) is 8.05. The van der Waals surface area contributed by atoms with Crippen LogP contribution in [0.25, 0.3) is 0 Å². The van der Waals surface area contributed by atoms with E-state index in [1.54, 1.807) is 16.4 Å². The molecule has 1 aromatic carbocycles. The molecule has 3 nitrogen and oxygen atoms in total. The predicted molar refractivity (Wildman–Crippen MR) is 82.1 cm³/mol. The van der Waals surface area contributed by atoms with Gasteiger partial charge in [0.1, 0.15) is 0 Å². The molecule has 1 aliphatic rings. The van der Waals surface area contributed by atoms with Gasteiger partial charge in [-0.05, 0) is 25.5 Å².